The number of nitrogens with zero attached hydrogens (tertiary/aromatic N) is 2. The summed E-state index contributed by atoms with van der Waals surface area (Å²) in [6, 6.07) is 6.34. The van der Waals surface area contributed by atoms with Gasteiger partial charge in [-0.3, -0.25) is 0 Å². The van der Waals surface area contributed by atoms with Crippen LogP contribution in [0.4, 0.5) is 24.7 Å². The van der Waals surface area contributed by atoms with Gasteiger partial charge in [0.05, 0.1) is 5.56 Å². The molecule has 0 bridgehead atoms. The van der Waals surface area contributed by atoms with Gasteiger partial charge in [0.1, 0.15) is 16.7 Å². The minimum atomic E-state index is -4.32. The maximum Gasteiger partial charge on any atom is 0.416 e. The monoisotopic (exact) mass is 317 g/mol. The molecule has 0 spiro atoms. The van der Waals surface area contributed by atoms with Crippen molar-refractivity contribution in [2.24, 2.45) is 0 Å². The van der Waals surface area contributed by atoms with Crippen LogP contribution in [0.15, 0.2) is 41.3 Å². The predicted molar refractivity (Wildman–Crippen MR) is 64.5 cm³/mol. The van der Waals surface area contributed by atoms with E-state index in [9.17, 15) is 13.2 Å². The van der Waals surface area contributed by atoms with Crippen LogP contribution < -0.4 is 5.32 Å². The number of alkyl halides is 3. The van der Waals surface area contributed by atoms with Crippen LogP contribution in [-0.2, 0) is 6.18 Å². The molecule has 0 aliphatic heterocycles. The van der Waals surface area contributed by atoms with Gasteiger partial charge in [-0.1, -0.05) is 0 Å². The summed E-state index contributed by atoms with van der Waals surface area (Å²) < 4.78 is 37.6. The molecule has 0 radical (unpaired) electrons. The Kier molecular flexibility index (Phi) is 3.51. The second-order valence-electron chi connectivity index (χ2n) is 3.43. The lowest BCUT2D eigenvalue weighted by molar-refractivity contribution is -0.137. The van der Waals surface area contributed by atoms with Gasteiger partial charge in [-0.15, -0.1) is 0 Å². The van der Waals surface area contributed by atoms with E-state index in [2.05, 4.69) is 31.2 Å². The molecule has 0 aliphatic rings. The van der Waals surface area contributed by atoms with Crippen LogP contribution in [0.1, 0.15) is 5.56 Å². The van der Waals surface area contributed by atoms with Crippen LogP contribution in [0, 0.1) is 0 Å². The van der Waals surface area contributed by atoms with E-state index in [0.29, 0.717) is 16.1 Å². The third kappa shape index (κ3) is 3.19. The Bertz CT molecular complexity index is 540. The van der Waals surface area contributed by atoms with Crippen molar-refractivity contribution in [3.63, 3.8) is 0 Å². The minimum Gasteiger partial charge on any atom is -0.340 e. The van der Waals surface area contributed by atoms with Crippen LogP contribution in [0.2, 0.25) is 0 Å². The first kappa shape index (κ1) is 12.8. The summed E-state index contributed by atoms with van der Waals surface area (Å²) in [6.45, 7) is 0. The Morgan fingerprint density at radius 3 is 2.28 bits per heavy atom. The third-order valence-electron chi connectivity index (χ3n) is 2.12. The molecule has 0 unspecified atom stereocenters. The second kappa shape index (κ2) is 4.93. The summed E-state index contributed by atoms with van der Waals surface area (Å²) >= 11 is 3.17. The summed E-state index contributed by atoms with van der Waals surface area (Å²) in [5.41, 5.74) is -0.162. The van der Waals surface area contributed by atoms with Crippen LogP contribution in [0.25, 0.3) is 0 Å². The molecular formula is C11H7BrF3N3. The van der Waals surface area contributed by atoms with Crippen LogP contribution >= 0.6 is 15.9 Å². The molecule has 2 aromatic rings. The highest BCUT2D eigenvalue weighted by molar-refractivity contribution is 9.10. The summed E-state index contributed by atoms with van der Waals surface area (Å²) in [7, 11) is 0. The standard InChI is InChI=1S/C11H7BrF3N3/c12-9-5-10(17-6-16-9)18-8-3-1-7(2-4-8)11(13,14)15/h1-6H,(H,16,17,18). The number of hydrogen-bond donors (Lipinski definition) is 1. The predicted octanol–water partition coefficient (Wildman–Crippen LogP) is 4.00. The maximum atomic E-state index is 12.4. The maximum absolute atomic E-state index is 12.4. The van der Waals surface area contributed by atoms with Gasteiger partial charge in [-0.2, -0.15) is 13.2 Å². The van der Waals surface area contributed by atoms with Crippen molar-refractivity contribution in [1.29, 1.82) is 0 Å². The number of anilines is 2. The van der Waals surface area contributed by atoms with Crippen molar-refractivity contribution in [3.05, 3.63) is 46.8 Å². The van der Waals surface area contributed by atoms with Crippen molar-refractivity contribution in [2.75, 3.05) is 5.32 Å². The van der Waals surface area contributed by atoms with E-state index in [1.807, 2.05) is 0 Å². The molecule has 1 heterocycles. The lowest BCUT2D eigenvalue weighted by Crippen LogP contribution is -2.04. The Labute approximate surface area is 109 Å². The molecule has 94 valence electrons. The first-order valence-electron chi connectivity index (χ1n) is 4.87. The van der Waals surface area contributed by atoms with E-state index in [1.165, 1.54) is 18.5 Å². The lowest BCUT2D eigenvalue weighted by atomic mass is 10.2. The van der Waals surface area contributed by atoms with Gasteiger partial charge < -0.3 is 5.32 Å². The second-order valence-corrected chi connectivity index (χ2v) is 4.24. The first-order chi connectivity index (χ1) is 8.45. The lowest BCUT2D eigenvalue weighted by Gasteiger charge is -2.08. The zero-order chi connectivity index (χ0) is 13.2. The van der Waals surface area contributed by atoms with E-state index in [1.54, 1.807) is 6.07 Å². The topological polar surface area (TPSA) is 37.8 Å². The first-order valence-corrected chi connectivity index (χ1v) is 5.66. The van der Waals surface area contributed by atoms with Gasteiger partial charge in [0.25, 0.3) is 0 Å². The molecule has 1 aromatic heterocycles. The molecule has 0 amide bonds. The molecule has 1 N–H and O–H groups in total. The molecule has 0 atom stereocenters. The average molecular weight is 318 g/mol. The van der Waals surface area contributed by atoms with Gasteiger partial charge in [-0.05, 0) is 40.2 Å². The molecule has 1 aromatic carbocycles. The fourth-order valence-corrected chi connectivity index (χ4v) is 1.60. The molecule has 0 fully saturated rings. The number of rotatable bonds is 2. The van der Waals surface area contributed by atoms with E-state index < -0.39 is 11.7 Å². The molecular weight excluding hydrogens is 311 g/mol. The SMILES string of the molecule is FC(F)(F)c1ccc(Nc2cc(Br)ncn2)cc1. The highest BCUT2D eigenvalue weighted by Gasteiger charge is 2.29. The molecule has 2 rings (SSSR count). The molecule has 0 saturated carbocycles. The Hall–Kier alpha value is -1.63. The Morgan fingerprint density at radius 2 is 1.72 bits per heavy atom. The summed E-state index contributed by atoms with van der Waals surface area (Å²) in [4.78, 5) is 7.78. The third-order valence-corrected chi connectivity index (χ3v) is 2.55. The zero-order valence-electron chi connectivity index (χ0n) is 8.87. The highest BCUT2D eigenvalue weighted by Crippen LogP contribution is 2.30. The average Bonchev–Trinajstić information content (AvgIpc) is 2.28. The summed E-state index contributed by atoms with van der Waals surface area (Å²) in [5, 5.41) is 2.87. The van der Waals surface area contributed by atoms with Crippen molar-refractivity contribution in [3.8, 4) is 0 Å². The van der Waals surface area contributed by atoms with Gasteiger partial charge in [0.15, 0.2) is 0 Å². The number of benzene rings is 1. The molecule has 0 aliphatic carbocycles. The Morgan fingerprint density at radius 1 is 1.06 bits per heavy atom. The molecule has 3 nitrogen and oxygen atoms in total. The molecule has 0 saturated heterocycles. The van der Waals surface area contributed by atoms with Gasteiger partial charge in [0.2, 0.25) is 0 Å². The Balaban J connectivity index is 2.16. The van der Waals surface area contributed by atoms with Gasteiger partial charge in [0, 0.05) is 11.8 Å². The van der Waals surface area contributed by atoms with Crippen molar-refractivity contribution in [2.45, 2.75) is 6.18 Å². The minimum absolute atomic E-state index is 0.497. The normalized spacial score (nSPS) is 11.3. The van der Waals surface area contributed by atoms with Crippen LogP contribution in [0.5, 0.6) is 0 Å². The smallest absolute Gasteiger partial charge is 0.340 e. The van der Waals surface area contributed by atoms with E-state index in [-0.39, 0.29) is 0 Å². The number of halogens is 4. The van der Waals surface area contributed by atoms with Crippen molar-refractivity contribution in [1.82, 2.24) is 9.97 Å². The number of aromatic nitrogens is 2. The van der Waals surface area contributed by atoms with Crippen LogP contribution in [-0.4, -0.2) is 9.97 Å². The number of nitrogens with one attached hydrogen (secondary N) is 1. The fourth-order valence-electron chi connectivity index (χ4n) is 1.29. The zero-order valence-corrected chi connectivity index (χ0v) is 10.5. The summed E-state index contributed by atoms with van der Waals surface area (Å²) in [5.74, 6) is 0.497. The van der Waals surface area contributed by atoms with Crippen molar-refractivity contribution < 1.29 is 13.2 Å². The van der Waals surface area contributed by atoms with Gasteiger partial charge in [-0.25, -0.2) is 9.97 Å². The van der Waals surface area contributed by atoms with E-state index in [4.69, 9.17) is 0 Å². The fraction of sp³-hybridized carbons (Fsp3) is 0.0909. The largest absolute Gasteiger partial charge is 0.416 e. The van der Waals surface area contributed by atoms with Crippen molar-refractivity contribution >= 4 is 27.4 Å². The summed E-state index contributed by atoms with van der Waals surface area (Å²) in [6.07, 6.45) is -2.98. The quantitative estimate of drug-likeness (QED) is 0.851. The van der Waals surface area contributed by atoms with Gasteiger partial charge >= 0.3 is 6.18 Å². The molecule has 18 heavy (non-hydrogen) atoms. The highest BCUT2D eigenvalue weighted by atomic mass is 79.9. The molecule has 7 heteroatoms. The van der Waals surface area contributed by atoms with Crippen LogP contribution in [0.3, 0.4) is 0 Å². The van der Waals surface area contributed by atoms with E-state index >= 15 is 0 Å². The van der Waals surface area contributed by atoms with E-state index in [0.717, 1.165) is 12.1 Å². The number of hydrogen-bond acceptors (Lipinski definition) is 3.